The number of hydrogen-bond donors (Lipinski definition) is 1. The summed E-state index contributed by atoms with van der Waals surface area (Å²) in [7, 11) is -3.36. The zero-order valence-corrected chi connectivity index (χ0v) is 11.6. The lowest BCUT2D eigenvalue weighted by molar-refractivity contribution is 0.233. The van der Waals surface area contributed by atoms with Crippen molar-refractivity contribution in [1.82, 2.24) is 4.31 Å². The summed E-state index contributed by atoms with van der Waals surface area (Å²) in [4.78, 5) is 2.28. The second-order valence-electron chi connectivity index (χ2n) is 4.48. The Balaban J connectivity index is 2.28. The molecule has 1 aliphatic heterocycles. The van der Waals surface area contributed by atoms with Crippen LogP contribution in [-0.2, 0) is 10.0 Å². The van der Waals surface area contributed by atoms with Gasteiger partial charge in [-0.05, 0) is 32.3 Å². The number of aliphatic hydroxyl groups excluding tert-OH is 1. The molecule has 1 atom stereocenters. The second kappa shape index (κ2) is 4.68. The Morgan fingerprint density at radius 2 is 2.24 bits per heavy atom. The Kier molecular flexibility index (Phi) is 3.58. The van der Waals surface area contributed by atoms with E-state index < -0.39 is 10.0 Å². The highest BCUT2D eigenvalue weighted by Crippen LogP contribution is 2.30. The fraction of sp³-hybridized carbons (Fsp3) is 0.636. The molecule has 0 aromatic carbocycles. The molecule has 1 N–H and O–H groups in total. The average Bonchev–Trinajstić information content (AvgIpc) is 2.85. The SMILES string of the molecule is Cc1cc(S(=O)(=O)N2CCC(CO)C2)c(C)s1. The first kappa shape index (κ1) is 13.0. The van der Waals surface area contributed by atoms with Crippen molar-refractivity contribution in [3.05, 3.63) is 15.8 Å². The van der Waals surface area contributed by atoms with E-state index >= 15 is 0 Å². The van der Waals surface area contributed by atoms with Crippen LogP contribution in [0.2, 0.25) is 0 Å². The summed E-state index contributed by atoms with van der Waals surface area (Å²) < 4.78 is 26.3. The van der Waals surface area contributed by atoms with Crippen LogP contribution in [0.1, 0.15) is 16.2 Å². The lowest BCUT2D eigenvalue weighted by atomic mass is 10.1. The van der Waals surface area contributed by atoms with Crippen LogP contribution in [0, 0.1) is 19.8 Å². The Morgan fingerprint density at radius 1 is 1.53 bits per heavy atom. The van der Waals surface area contributed by atoms with E-state index in [4.69, 9.17) is 5.11 Å². The van der Waals surface area contributed by atoms with Gasteiger partial charge in [-0.3, -0.25) is 0 Å². The molecule has 2 rings (SSSR count). The lowest BCUT2D eigenvalue weighted by Crippen LogP contribution is -2.29. The standard InChI is InChI=1S/C11H17NO3S2/c1-8-5-11(9(2)16-8)17(14,15)12-4-3-10(6-12)7-13/h5,10,13H,3-4,6-7H2,1-2H3. The quantitative estimate of drug-likeness (QED) is 0.906. The van der Waals surface area contributed by atoms with Crippen LogP contribution in [0.4, 0.5) is 0 Å². The second-order valence-corrected chi connectivity index (χ2v) is 7.84. The van der Waals surface area contributed by atoms with Crippen molar-refractivity contribution in [2.24, 2.45) is 5.92 Å². The molecule has 1 fully saturated rings. The maximum atomic E-state index is 12.4. The van der Waals surface area contributed by atoms with Gasteiger partial charge < -0.3 is 5.11 Å². The minimum atomic E-state index is -3.36. The van der Waals surface area contributed by atoms with Crippen molar-refractivity contribution in [2.45, 2.75) is 25.2 Å². The number of hydrogen-bond acceptors (Lipinski definition) is 4. The van der Waals surface area contributed by atoms with Crippen LogP contribution in [0.15, 0.2) is 11.0 Å². The van der Waals surface area contributed by atoms with E-state index in [2.05, 4.69) is 0 Å². The van der Waals surface area contributed by atoms with E-state index in [1.54, 1.807) is 6.07 Å². The molecule has 0 saturated carbocycles. The molecule has 0 amide bonds. The third-order valence-electron chi connectivity index (χ3n) is 3.12. The van der Waals surface area contributed by atoms with Gasteiger partial charge in [0.25, 0.3) is 0 Å². The zero-order valence-electron chi connectivity index (χ0n) is 10.0. The maximum Gasteiger partial charge on any atom is 0.244 e. The van der Waals surface area contributed by atoms with Gasteiger partial charge in [-0.15, -0.1) is 11.3 Å². The fourth-order valence-corrected chi connectivity index (χ4v) is 5.22. The fourth-order valence-electron chi connectivity index (χ4n) is 2.17. The van der Waals surface area contributed by atoms with E-state index in [9.17, 15) is 8.42 Å². The van der Waals surface area contributed by atoms with Crippen molar-refractivity contribution >= 4 is 21.4 Å². The molecule has 0 aliphatic carbocycles. The molecule has 1 aromatic rings. The first-order valence-corrected chi connectivity index (χ1v) is 7.89. The van der Waals surface area contributed by atoms with Gasteiger partial charge in [0.2, 0.25) is 10.0 Å². The van der Waals surface area contributed by atoms with Crippen LogP contribution < -0.4 is 0 Å². The molecule has 1 aliphatic rings. The molecule has 2 heterocycles. The van der Waals surface area contributed by atoms with Crippen LogP contribution in [0.3, 0.4) is 0 Å². The van der Waals surface area contributed by atoms with E-state index in [1.807, 2.05) is 13.8 Å². The van der Waals surface area contributed by atoms with E-state index in [-0.39, 0.29) is 12.5 Å². The average molecular weight is 275 g/mol. The highest BCUT2D eigenvalue weighted by Gasteiger charge is 2.33. The van der Waals surface area contributed by atoms with Gasteiger partial charge in [0, 0.05) is 29.5 Å². The van der Waals surface area contributed by atoms with Crippen LogP contribution in [0.5, 0.6) is 0 Å². The van der Waals surface area contributed by atoms with Gasteiger partial charge in [0.1, 0.15) is 0 Å². The summed E-state index contributed by atoms with van der Waals surface area (Å²) in [6, 6.07) is 1.74. The number of thiophene rings is 1. The first-order chi connectivity index (χ1) is 7.95. The summed E-state index contributed by atoms with van der Waals surface area (Å²) in [6.07, 6.45) is 0.748. The Labute approximate surface area is 106 Å². The Morgan fingerprint density at radius 3 is 2.71 bits per heavy atom. The zero-order chi connectivity index (χ0) is 12.6. The van der Waals surface area contributed by atoms with Gasteiger partial charge >= 0.3 is 0 Å². The Hall–Kier alpha value is -0.430. The molecule has 96 valence electrons. The van der Waals surface area contributed by atoms with Gasteiger partial charge in [-0.1, -0.05) is 0 Å². The molecular weight excluding hydrogens is 258 g/mol. The molecule has 17 heavy (non-hydrogen) atoms. The lowest BCUT2D eigenvalue weighted by Gasteiger charge is -2.15. The highest BCUT2D eigenvalue weighted by molar-refractivity contribution is 7.89. The molecule has 0 spiro atoms. The first-order valence-electron chi connectivity index (χ1n) is 5.63. The number of aryl methyl sites for hydroxylation is 2. The number of sulfonamides is 1. The normalized spacial score (nSPS) is 22.2. The van der Waals surface area contributed by atoms with Gasteiger partial charge in [0.15, 0.2) is 0 Å². The van der Waals surface area contributed by atoms with Crippen molar-refractivity contribution in [3.8, 4) is 0 Å². The molecular formula is C11H17NO3S2. The molecule has 1 saturated heterocycles. The minimum absolute atomic E-state index is 0.0632. The largest absolute Gasteiger partial charge is 0.396 e. The van der Waals surface area contributed by atoms with Gasteiger partial charge in [-0.25, -0.2) is 8.42 Å². The summed E-state index contributed by atoms with van der Waals surface area (Å²) in [5.41, 5.74) is 0. The minimum Gasteiger partial charge on any atom is -0.396 e. The predicted molar refractivity (Wildman–Crippen MR) is 67.7 cm³/mol. The molecule has 4 nitrogen and oxygen atoms in total. The third-order valence-corrected chi connectivity index (χ3v) is 6.21. The summed E-state index contributed by atoms with van der Waals surface area (Å²) in [5, 5.41) is 9.06. The predicted octanol–water partition coefficient (Wildman–Crippen LogP) is 1.37. The molecule has 6 heteroatoms. The van der Waals surface area contributed by atoms with Gasteiger partial charge in [0.05, 0.1) is 4.90 Å². The highest BCUT2D eigenvalue weighted by atomic mass is 32.2. The monoisotopic (exact) mass is 275 g/mol. The van der Waals surface area contributed by atoms with Crippen molar-refractivity contribution in [3.63, 3.8) is 0 Å². The van der Waals surface area contributed by atoms with E-state index in [1.165, 1.54) is 15.6 Å². The van der Waals surface area contributed by atoms with Crippen molar-refractivity contribution in [1.29, 1.82) is 0 Å². The summed E-state index contributed by atoms with van der Waals surface area (Å²) >= 11 is 1.51. The van der Waals surface area contributed by atoms with E-state index in [0.29, 0.717) is 18.0 Å². The third kappa shape index (κ3) is 2.40. The van der Waals surface area contributed by atoms with Gasteiger partial charge in [-0.2, -0.15) is 4.31 Å². The van der Waals surface area contributed by atoms with Crippen molar-refractivity contribution < 1.29 is 13.5 Å². The molecule has 1 unspecified atom stereocenters. The summed E-state index contributed by atoms with van der Waals surface area (Å²) in [5.74, 6) is 0.0878. The van der Waals surface area contributed by atoms with Crippen molar-refractivity contribution in [2.75, 3.05) is 19.7 Å². The number of nitrogens with zero attached hydrogens (tertiary/aromatic N) is 1. The maximum absolute atomic E-state index is 12.4. The summed E-state index contributed by atoms with van der Waals surface area (Å²) in [6.45, 7) is 4.77. The molecule has 0 bridgehead atoms. The van der Waals surface area contributed by atoms with Crippen LogP contribution >= 0.6 is 11.3 Å². The molecule has 0 radical (unpaired) electrons. The Bertz CT molecular complexity index is 507. The number of aliphatic hydroxyl groups is 1. The smallest absolute Gasteiger partial charge is 0.244 e. The van der Waals surface area contributed by atoms with E-state index in [0.717, 1.165) is 16.2 Å². The van der Waals surface area contributed by atoms with Crippen LogP contribution in [-0.4, -0.2) is 37.5 Å². The topological polar surface area (TPSA) is 57.6 Å². The number of rotatable bonds is 3. The van der Waals surface area contributed by atoms with Crippen LogP contribution in [0.25, 0.3) is 0 Å². The molecule has 1 aromatic heterocycles.